The van der Waals surface area contributed by atoms with E-state index in [0.29, 0.717) is 5.75 Å². The second kappa shape index (κ2) is 8.36. The number of anilines is 1. The minimum Gasteiger partial charge on any atom is -0.496 e. The maximum atomic E-state index is 13.5. The summed E-state index contributed by atoms with van der Waals surface area (Å²) < 4.78 is 19.6. The van der Waals surface area contributed by atoms with Gasteiger partial charge in [-0.05, 0) is 52.7 Å². The molecule has 3 nitrogen and oxygen atoms in total. The second-order valence-corrected chi connectivity index (χ2v) is 7.07. The molecule has 2 aromatic carbocycles. The summed E-state index contributed by atoms with van der Waals surface area (Å²) in [6, 6.07) is 11.9. The highest BCUT2D eigenvalue weighted by atomic mass is 79.9. The molecular weight excluding hydrogens is 381 g/mol. The minimum atomic E-state index is -0.433. The van der Waals surface area contributed by atoms with Crippen LogP contribution < -0.4 is 10.1 Å². The Morgan fingerprint density at radius 3 is 2.74 bits per heavy atom. The zero-order valence-corrected chi connectivity index (χ0v) is 15.2. The van der Waals surface area contributed by atoms with Gasteiger partial charge in [0.1, 0.15) is 11.6 Å². The van der Waals surface area contributed by atoms with E-state index in [0.717, 1.165) is 15.8 Å². The van der Waals surface area contributed by atoms with Gasteiger partial charge < -0.3 is 10.1 Å². The average molecular weight is 398 g/mol. The number of amides is 1. The molecule has 6 heteroatoms. The molecule has 0 spiro atoms. The fourth-order valence-electron chi connectivity index (χ4n) is 1.89. The van der Waals surface area contributed by atoms with E-state index in [1.165, 1.54) is 17.8 Å². The number of hydrogen-bond donors (Lipinski definition) is 1. The number of thioether (sulfide) groups is 1. The van der Waals surface area contributed by atoms with Gasteiger partial charge in [0.05, 0.1) is 22.5 Å². The van der Waals surface area contributed by atoms with Gasteiger partial charge >= 0.3 is 0 Å². The van der Waals surface area contributed by atoms with Crippen LogP contribution in [0.5, 0.6) is 5.75 Å². The molecule has 0 fully saturated rings. The van der Waals surface area contributed by atoms with Crippen LogP contribution in [0.15, 0.2) is 46.9 Å². The van der Waals surface area contributed by atoms with Gasteiger partial charge in [-0.3, -0.25) is 4.79 Å². The van der Waals surface area contributed by atoms with Crippen molar-refractivity contribution in [1.82, 2.24) is 0 Å². The molecule has 0 bridgehead atoms. The monoisotopic (exact) mass is 397 g/mol. The molecule has 0 saturated heterocycles. The Balaban J connectivity index is 1.91. The third-order valence-corrected chi connectivity index (χ3v) is 5.05. The maximum absolute atomic E-state index is 13.5. The third kappa shape index (κ3) is 4.97. The maximum Gasteiger partial charge on any atom is 0.237 e. The molecule has 0 aliphatic heterocycles. The van der Waals surface area contributed by atoms with Gasteiger partial charge in [-0.2, -0.15) is 0 Å². The number of carbonyl (C=O) groups excluding carboxylic acids is 1. The Morgan fingerprint density at radius 1 is 1.35 bits per heavy atom. The summed E-state index contributed by atoms with van der Waals surface area (Å²) in [6.45, 7) is 1.80. The molecule has 1 N–H and O–H groups in total. The summed E-state index contributed by atoms with van der Waals surface area (Å²) in [5.74, 6) is 0.794. The van der Waals surface area contributed by atoms with E-state index < -0.39 is 5.82 Å². The van der Waals surface area contributed by atoms with Gasteiger partial charge in [0.15, 0.2) is 0 Å². The van der Waals surface area contributed by atoms with Crippen LogP contribution in [0, 0.1) is 5.82 Å². The first-order valence-electron chi connectivity index (χ1n) is 7.00. The summed E-state index contributed by atoms with van der Waals surface area (Å²) in [7, 11) is 1.61. The summed E-state index contributed by atoms with van der Waals surface area (Å²) in [5.41, 5.74) is 1.28. The molecule has 23 heavy (non-hydrogen) atoms. The first-order chi connectivity index (χ1) is 11.0. The number of hydrogen-bond acceptors (Lipinski definition) is 3. The Bertz CT molecular complexity index is 696. The van der Waals surface area contributed by atoms with Crippen molar-refractivity contribution in [3.8, 4) is 5.75 Å². The lowest BCUT2D eigenvalue weighted by Crippen LogP contribution is -2.23. The lowest BCUT2D eigenvalue weighted by molar-refractivity contribution is -0.115. The quantitative estimate of drug-likeness (QED) is 0.756. The van der Waals surface area contributed by atoms with E-state index in [4.69, 9.17) is 4.74 Å². The molecule has 1 atom stereocenters. The molecule has 0 radical (unpaired) electrons. The Morgan fingerprint density at radius 2 is 2.09 bits per heavy atom. The second-order valence-electron chi connectivity index (χ2n) is 4.89. The van der Waals surface area contributed by atoms with Crippen LogP contribution in [0.25, 0.3) is 0 Å². The number of benzene rings is 2. The lowest BCUT2D eigenvalue weighted by Gasteiger charge is -2.13. The van der Waals surface area contributed by atoms with Crippen LogP contribution in [-0.2, 0) is 10.5 Å². The van der Waals surface area contributed by atoms with Gasteiger partial charge in [0.25, 0.3) is 0 Å². The van der Waals surface area contributed by atoms with Crippen molar-refractivity contribution < 1.29 is 13.9 Å². The van der Waals surface area contributed by atoms with Gasteiger partial charge in [0.2, 0.25) is 5.91 Å². The molecule has 2 aromatic rings. The molecule has 0 heterocycles. The summed E-state index contributed by atoms with van der Waals surface area (Å²) in [5, 5.41) is 2.32. The number of halogens is 2. The fraction of sp³-hybridized carbons (Fsp3) is 0.235. The number of ether oxygens (including phenoxy) is 1. The highest BCUT2D eigenvalue weighted by Gasteiger charge is 2.15. The standard InChI is InChI=1S/C17H17BrFNO2S/c1-11(17(21)20-15-6-4-3-5-14(15)19)23-10-12-7-8-16(22-2)13(18)9-12/h3-9,11H,10H2,1-2H3,(H,20,21). The number of methoxy groups -OCH3 is 1. The molecule has 1 unspecified atom stereocenters. The topological polar surface area (TPSA) is 38.3 Å². The summed E-state index contributed by atoms with van der Waals surface area (Å²) in [4.78, 5) is 12.1. The molecule has 1 amide bonds. The molecular formula is C17H17BrFNO2S. The molecule has 0 aromatic heterocycles. The SMILES string of the molecule is COc1ccc(CSC(C)C(=O)Nc2ccccc2F)cc1Br. The molecule has 122 valence electrons. The average Bonchev–Trinajstić information content (AvgIpc) is 2.54. The van der Waals surface area contributed by atoms with E-state index in [9.17, 15) is 9.18 Å². The fourth-order valence-corrected chi connectivity index (χ4v) is 3.31. The molecule has 2 rings (SSSR count). The first kappa shape index (κ1) is 17.8. The van der Waals surface area contributed by atoms with Crippen molar-refractivity contribution in [2.75, 3.05) is 12.4 Å². The Labute approximate surface area is 147 Å². The lowest BCUT2D eigenvalue weighted by atomic mass is 10.2. The van der Waals surface area contributed by atoms with Crippen LogP contribution in [0.1, 0.15) is 12.5 Å². The van der Waals surface area contributed by atoms with Crippen LogP contribution in [0.2, 0.25) is 0 Å². The van der Waals surface area contributed by atoms with Crippen LogP contribution >= 0.6 is 27.7 Å². The molecule has 0 saturated carbocycles. The van der Waals surface area contributed by atoms with Gasteiger partial charge in [-0.25, -0.2) is 4.39 Å². The number of carbonyl (C=O) groups is 1. The van der Waals surface area contributed by atoms with E-state index in [1.807, 2.05) is 18.2 Å². The first-order valence-corrected chi connectivity index (χ1v) is 8.85. The highest BCUT2D eigenvalue weighted by Crippen LogP contribution is 2.28. The van der Waals surface area contributed by atoms with Crippen molar-refractivity contribution in [3.63, 3.8) is 0 Å². The van der Waals surface area contributed by atoms with Crippen LogP contribution in [-0.4, -0.2) is 18.3 Å². The van der Waals surface area contributed by atoms with E-state index >= 15 is 0 Å². The largest absolute Gasteiger partial charge is 0.496 e. The minimum absolute atomic E-state index is 0.206. The Kier molecular flexibility index (Phi) is 6.47. The molecule has 0 aliphatic carbocycles. The van der Waals surface area contributed by atoms with E-state index in [1.54, 1.807) is 32.2 Å². The zero-order chi connectivity index (χ0) is 16.8. The van der Waals surface area contributed by atoms with Crippen molar-refractivity contribution in [3.05, 3.63) is 58.3 Å². The van der Waals surface area contributed by atoms with Crippen LogP contribution in [0.4, 0.5) is 10.1 Å². The predicted octanol–water partition coefficient (Wildman–Crippen LogP) is 4.86. The Hall–Kier alpha value is -1.53. The van der Waals surface area contributed by atoms with Crippen molar-refractivity contribution in [2.45, 2.75) is 17.9 Å². The van der Waals surface area contributed by atoms with E-state index in [2.05, 4.69) is 21.2 Å². The van der Waals surface area contributed by atoms with Gasteiger partial charge in [0, 0.05) is 5.75 Å². The van der Waals surface area contributed by atoms with Gasteiger partial charge in [-0.1, -0.05) is 18.2 Å². The van der Waals surface area contributed by atoms with Crippen molar-refractivity contribution in [1.29, 1.82) is 0 Å². The smallest absolute Gasteiger partial charge is 0.237 e. The number of nitrogens with one attached hydrogen (secondary N) is 1. The van der Waals surface area contributed by atoms with Crippen LogP contribution in [0.3, 0.4) is 0 Å². The van der Waals surface area contributed by atoms with Gasteiger partial charge in [-0.15, -0.1) is 11.8 Å². The summed E-state index contributed by atoms with van der Waals surface area (Å²) in [6.07, 6.45) is 0. The number of rotatable bonds is 6. The zero-order valence-electron chi connectivity index (χ0n) is 12.8. The predicted molar refractivity (Wildman–Crippen MR) is 96.5 cm³/mol. The number of para-hydroxylation sites is 1. The highest BCUT2D eigenvalue weighted by molar-refractivity contribution is 9.10. The van der Waals surface area contributed by atoms with Crippen molar-refractivity contribution in [2.24, 2.45) is 0 Å². The molecule has 0 aliphatic rings. The summed E-state index contributed by atoms with van der Waals surface area (Å²) >= 11 is 4.93. The van der Waals surface area contributed by atoms with Crippen molar-refractivity contribution >= 4 is 39.3 Å². The normalized spacial score (nSPS) is 11.8. The van der Waals surface area contributed by atoms with E-state index in [-0.39, 0.29) is 16.8 Å². The third-order valence-electron chi connectivity index (χ3n) is 3.22.